The van der Waals surface area contributed by atoms with E-state index in [0.29, 0.717) is 29.8 Å². The maximum atomic E-state index is 12.7. The molecule has 0 atom stereocenters. The molecule has 0 bridgehead atoms. The summed E-state index contributed by atoms with van der Waals surface area (Å²) in [4.78, 5) is 26.5. The first-order chi connectivity index (χ1) is 11.1. The third-order valence-electron chi connectivity index (χ3n) is 3.31. The van der Waals surface area contributed by atoms with Gasteiger partial charge in [-0.1, -0.05) is 13.8 Å². The van der Waals surface area contributed by atoms with Crippen molar-refractivity contribution in [1.82, 2.24) is 4.90 Å². The second kappa shape index (κ2) is 9.62. The summed E-state index contributed by atoms with van der Waals surface area (Å²) in [6, 6.07) is 6.91. The van der Waals surface area contributed by atoms with E-state index < -0.39 is 5.97 Å². The minimum Gasteiger partial charge on any atom is -0.462 e. The molecule has 0 unspecified atom stereocenters. The van der Waals surface area contributed by atoms with E-state index in [1.54, 1.807) is 30.0 Å². The molecule has 1 amide bonds. The van der Waals surface area contributed by atoms with Gasteiger partial charge < -0.3 is 9.64 Å². The summed E-state index contributed by atoms with van der Waals surface area (Å²) in [6.07, 6.45) is 1.89. The number of hydrogen-bond donors (Lipinski definition) is 0. The molecule has 5 heteroatoms. The Balaban J connectivity index is 3.19. The molecule has 0 saturated carbocycles. The van der Waals surface area contributed by atoms with Crippen LogP contribution in [0.3, 0.4) is 0 Å². The lowest BCUT2D eigenvalue weighted by Crippen LogP contribution is -2.32. The molecule has 124 valence electrons. The van der Waals surface area contributed by atoms with Crippen LogP contribution in [0.5, 0.6) is 0 Å². The maximum absolute atomic E-state index is 12.7. The Morgan fingerprint density at radius 1 is 1.09 bits per heavy atom. The Morgan fingerprint density at radius 3 is 2.22 bits per heavy atom. The number of rotatable bonds is 8. The second-order valence-electron chi connectivity index (χ2n) is 5.27. The molecule has 0 aromatic heterocycles. The zero-order valence-electron chi connectivity index (χ0n) is 14.1. The fourth-order valence-electron chi connectivity index (χ4n) is 2.38. The first-order valence-corrected chi connectivity index (χ1v) is 8.04. The van der Waals surface area contributed by atoms with E-state index in [2.05, 4.69) is 6.07 Å². The number of amides is 1. The van der Waals surface area contributed by atoms with E-state index in [4.69, 9.17) is 10.00 Å². The number of nitrogens with zero attached hydrogens (tertiary/aromatic N) is 2. The van der Waals surface area contributed by atoms with Gasteiger partial charge in [0.1, 0.15) is 0 Å². The van der Waals surface area contributed by atoms with E-state index in [1.165, 1.54) is 0 Å². The normalized spacial score (nSPS) is 10.0. The number of carbonyl (C=O) groups is 2. The highest BCUT2D eigenvalue weighted by molar-refractivity contribution is 5.98. The lowest BCUT2D eigenvalue weighted by Gasteiger charge is -2.22. The Hall–Kier alpha value is -2.35. The summed E-state index contributed by atoms with van der Waals surface area (Å²) < 4.78 is 5.00. The highest BCUT2D eigenvalue weighted by atomic mass is 16.5. The number of ether oxygens (including phenoxy) is 1. The van der Waals surface area contributed by atoms with Crippen LogP contribution in [-0.2, 0) is 11.2 Å². The van der Waals surface area contributed by atoms with Crippen molar-refractivity contribution in [2.24, 2.45) is 0 Å². The van der Waals surface area contributed by atoms with E-state index >= 15 is 0 Å². The zero-order chi connectivity index (χ0) is 17.2. The van der Waals surface area contributed by atoms with Crippen LogP contribution in [0.2, 0.25) is 0 Å². The molecule has 0 aliphatic rings. The van der Waals surface area contributed by atoms with Gasteiger partial charge in [-0.2, -0.15) is 5.26 Å². The van der Waals surface area contributed by atoms with Crippen molar-refractivity contribution in [2.45, 2.75) is 40.0 Å². The van der Waals surface area contributed by atoms with Gasteiger partial charge in [-0.25, -0.2) is 4.79 Å². The van der Waals surface area contributed by atoms with Gasteiger partial charge in [-0.3, -0.25) is 4.79 Å². The van der Waals surface area contributed by atoms with Gasteiger partial charge in [0.2, 0.25) is 0 Å². The summed E-state index contributed by atoms with van der Waals surface area (Å²) >= 11 is 0. The molecule has 0 aliphatic heterocycles. The van der Waals surface area contributed by atoms with Crippen LogP contribution in [0.25, 0.3) is 0 Å². The molecule has 1 aromatic rings. The van der Waals surface area contributed by atoms with Crippen LogP contribution in [0.4, 0.5) is 0 Å². The number of hydrogen-bond acceptors (Lipinski definition) is 4. The van der Waals surface area contributed by atoms with Gasteiger partial charge in [-0.05, 0) is 43.5 Å². The number of benzene rings is 1. The largest absolute Gasteiger partial charge is 0.462 e. The Kier molecular flexibility index (Phi) is 7.82. The number of nitriles is 1. The first-order valence-electron chi connectivity index (χ1n) is 8.04. The lowest BCUT2D eigenvalue weighted by atomic mass is 10.0. The van der Waals surface area contributed by atoms with Gasteiger partial charge in [-0.15, -0.1) is 0 Å². The summed E-state index contributed by atoms with van der Waals surface area (Å²) in [5.74, 6) is -0.585. The topological polar surface area (TPSA) is 70.4 Å². The monoisotopic (exact) mass is 316 g/mol. The van der Waals surface area contributed by atoms with E-state index in [0.717, 1.165) is 12.8 Å². The molecule has 0 N–H and O–H groups in total. The molecule has 0 saturated heterocycles. The highest BCUT2D eigenvalue weighted by Crippen LogP contribution is 2.15. The smallest absolute Gasteiger partial charge is 0.338 e. The predicted octanol–water partition coefficient (Wildman–Crippen LogP) is 3.19. The molecule has 0 spiro atoms. The zero-order valence-corrected chi connectivity index (χ0v) is 14.1. The third-order valence-corrected chi connectivity index (χ3v) is 3.31. The summed E-state index contributed by atoms with van der Waals surface area (Å²) in [5.41, 5.74) is 1.40. The quantitative estimate of drug-likeness (QED) is 0.691. The van der Waals surface area contributed by atoms with Crippen LogP contribution >= 0.6 is 0 Å². The number of carbonyl (C=O) groups excluding carboxylic acids is 2. The molecular weight excluding hydrogens is 292 g/mol. The fraction of sp³-hybridized carbons (Fsp3) is 0.500. The summed E-state index contributed by atoms with van der Waals surface area (Å²) in [7, 11) is 0. The van der Waals surface area contributed by atoms with Gasteiger partial charge in [0.05, 0.1) is 24.7 Å². The summed E-state index contributed by atoms with van der Waals surface area (Å²) in [6.45, 7) is 7.38. The van der Waals surface area contributed by atoms with Crippen molar-refractivity contribution in [1.29, 1.82) is 5.26 Å². The molecule has 5 nitrogen and oxygen atoms in total. The van der Waals surface area contributed by atoms with Crippen LogP contribution in [-0.4, -0.2) is 36.5 Å². The fourth-order valence-corrected chi connectivity index (χ4v) is 2.38. The first kappa shape index (κ1) is 18.7. The van der Waals surface area contributed by atoms with E-state index in [1.807, 2.05) is 13.8 Å². The van der Waals surface area contributed by atoms with Gasteiger partial charge in [0.15, 0.2) is 0 Å². The molecule has 0 radical (unpaired) electrons. The lowest BCUT2D eigenvalue weighted by molar-refractivity contribution is 0.0526. The minimum atomic E-state index is -0.473. The van der Waals surface area contributed by atoms with E-state index in [-0.39, 0.29) is 18.9 Å². The minimum absolute atomic E-state index is 0.112. The third kappa shape index (κ3) is 5.41. The van der Waals surface area contributed by atoms with Crippen molar-refractivity contribution < 1.29 is 14.3 Å². The van der Waals surface area contributed by atoms with Crippen molar-refractivity contribution in [2.75, 3.05) is 19.7 Å². The Morgan fingerprint density at radius 2 is 1.70 bits per heavy atom. The number of esters is 1. The molecule has 0 aliphatic carbocycles. The molecule has 0 heterocycles. The van der Waals surface area contributed by atoms with Gasteiger partial charge in [0, 0.05) is 18.7 Å². The van der Waals surface area contributed by atoms with Crippen molar-refractivity contribution in [3.05, 3.63) is 34.9 Å². The highest BCUT2D eigenvalue weighted by Gasteiger charge is 2.18. The molecule has 0 fully saturated rings. The average Bonchev–Trinajstić information content (AvgIpc) is 2.54. The van der Waals surface area contributed by atoms with Gasteiger partial charge in [0.25, 0.3) is 5.91 Å². The van der Waals surface area contributed by atoms with Gasteiger partial charge >= 0.3 is 5.97 Å². The maximum Gasteiger partial charge on any atom is 0.338 e. The van der Waals surface area contributed by atoms with Crippen molar-refractivity contribution >= 4 is 11.9 Å². The van der Waals surface area contributed by atoms with Crippen LogP contribution in [0.15, 0.2) is 18.2 Å². The van der Waals surface area contributed by atoms with E-state index in [9.17, 15) is 9.59 Å². The predicted molar refractivity (Wildman–Crippen MR) is 88.2 cm³/mol. The standard InChI is InChI=1S/C18H24N2O3/c1-4-9-20(10-5-2)17(21)15-11-14(7-8-19)12-16(13-15)18(22)23-6-3/h11-13H,4-7,9-10H2,1-3H3. The average molecular weight is 316 g/mol. The van der Waals surface area contributed by atoms with Crippen molar-refractivity contribution in [3.63, 3.8) is 0 Å². The molecule has 1 rings (SSSR count). The summed E-state index contributed by atoms with van der Waals surface area (Å²) in [5, 5.41) is 8.90. The Bertz CT molecular complexity index is 584. The molecule has 1 aromatic carbocycles. The van der Waals surface area contributed by atoms with Crippen molar-refractivity contribution in [3.8, 4) is 6.07 Å². The molecular formula is C18H24N2O3. The Labute approximate surface area is 137 Å². The van der Waals surface area contributed by atoms with Crippen LogP contribution < -0.4 is 0 Å². The SMILES string of the molecule is CCCN(CCC)C(=O)c1cc(CC#N)cc(C(=O)OCC)c1. The molecule has 23 heavy (non-hydrogen) atoms. The van der Waals surface area contributed by atoms with Crippen LogP contribution in [0, 0.1) is 11.3 Å². The van der Waals surface area contributed by atoms with Crippen LogP contribution in [0.1, 0.15) is 59.9 Å². The second-order valence-corrected chi connectivity index (χ2v) is 5.27.